The Morgan fingerprint density at radius 3 is 2.33 bits per heavy atom. The lowest BCUT2D eigenvalue weighted by Crippen LogP contribution is -2.03. The van der Waals surface area contributed by atoms with E-state index in [1.165, 1.54) is 13.8 Å². The molecular formula is C12H14O3. The average Bonchev–Trinajstić information content (AvgIpc) is 2.17. The van der Waals surface area contributed by atoms with Crippen LogP contribution < -0.4 is 4.74 Å². The second kappa shape index (κ2) is 4.73. The van der Waals surface area contributed by atoms with E-state index in [0.717, 1.165) is 0 Å². The van der Waals surface area contributed by atoms with Gasteiger partial charge in [-0.3, -0.25) is 9.59 Å². The lowest BCUT2D eigenvalue weighted by atomic mass is 10.1. The molecule has 0 aliphatic heterocycles. The Morgan fingerprint density at radius 2 is 1.87 bits per heavy atom. The van der Waals surface area contributed by atoms with Gasteiger partial charge in [-0.05, 0) is 32.9 Å². The number of carbonyl (C=O) groups is 2. The molecule has 0 heterocycles. The Bertz CT molecular complexity index is 394. The molecule has 0 N–H and O–H groups in total. The third kappa shape index (κ3) is 2.65. The quantitative estimate of drug-likeness (QED) is 0.711. The largest absolute Gasteiger partial charge is 0.493 e. The molecule has 0 fully saturated rings. The van der Waals surface area contributed by atoms with Gasteiger partial charge in [0.15, 0.2) is 11.6 Å². The zero-order chi connectivity index (χ0) is 11.4. The molecule has 80 valence electrons. The lowest BCUT2D eigenvalue weighted by Gasteiger charge is -2.08. The Labute approximate surface area is 89.1 Å². The second-order valence-electron chi connectivity index (χ2n) is 3.26. The molecule has 0 aliphatic carbocycles. The number of ether oxygens (including phenoxy) is 1. The molecule has 0 unspecified atom stereocenters. The van der Waals surface area contributed by atoms with Crippen molar-refractivity contribution in [2.75, 3.05) is 6.61 Å². The van der Waals surface area contributed by atoms with Crippen LogP contribution in [0, 0.1) is 0 Å². The van der Waals surface area contributed by atoms with Crippen LogP contribution in [-0.4, -0.2) is 18.2 Å². The van der Waals surface area contributed by atoms with Gasteiger partial charge in [-0.2, -0.15) is 0 Å². The summed E-state index contributed by atoms with van der Waals surface area (Å²) in [5, 5.41) is 0. The number of carbonyl (C=O) groups excluding carboxylic acids is 2. The molecule has 1 aromatic carbocycles. The van der Waals surface area contributed by atoms with Crippen molar-refractivity contribution < 1.29 is 14.3 Å². The van der Waals surface area contributed by atoms with Gasteiger partial charge in [0.05, 0.1) is 12.2 Å². The van der Waals surface area contributed by atoms with E-state index in [9.17, 15) is 9.59 Å². The van der Waals surface area contributed by atoms with Crippen molar-refractivity contribution in [1.82, 2.24) is 0 Å². The van der Waals surface area contributed by atoms with E-state index in [0.29, 0.717) is 23.5 Å². The normalized spacial score (nSPS) is 9.80. The molecule has 1 aromatic rings. The van der Waals surface area contributed by atoms with Crippen molar-refractivity contribution >= 4 is 11.6 Å². The maximum atomic E-state index is 11.3. The Morgan fingerprint density at radius 1 is 1.20 bits per heavy atom. The molecule has 3 heteroatoms. The first-order valence-corrected chi connectivity index (χ1v) is 4.85. The molecule has 0 amide bonds. The van der Waals surface area contributed by atoms with Crippen molar-refractivity contribution in [2.24, 2.45) is 0 Å². The summed E-state index contributed by atoms with van der Waals surface area (Å²) in [4.78, 5) is 22.4. The zero-order valence-corrected chi connectivity index (χ0v) is 9.16. The lowest BCUT2D eigenvalue weighted by molar-refractivity contribution is 0.0998. The summed E-state index contributed by atoms with van der Waals surface area (Å²) in [6.45, 7) is 5.27. The summed E-state index contributed by atoms with van der Waals surface area (Å²) in [7, 11) is 0. The first-order chi connectivity index (χ1) is 7.06. The van der Waals surface area contributed by atoms with E-state index in [2.05, 4.69) is 0 Å². The molecule has 0 saturated carbocycles. The van der Waals surface area contributed by atoms with Gasteiger partial charge in [-0.1, -0.05) is 6.07 Å². The number of hydrogen-bond acceptors (Lipinski definition) is 3. The summed E-state index contributed by atoms with van der Waals surface area (Å²) in [6.07, 6.45) is 0. The molecule has 15 heavy (non-hydrogen) atoms. The van der Waals surface area contributed by atoms with Crippen LogP contribution in [-0.2, 0) is 0 Å². The third-order valence-electron chi connectivity index (χ3n) is 2.07. The highest BCUT2D eigenvalue weighted by Crippen LogP contribution is 2.21. The molecular weight excluding hydrogens is 192 g/mol. The minimum Gasteiger partial charge on any atom is -0.493 e. The van der Waals surface area contributed by atoms with Crippen molar-refractivity contribution in [3.05, 3.63) is 29.3 Å². The molecule has 0 radical (unpaired) electrons. The van der Waals surface area contributed by atoms with Crippen molar-refractivity contribution in [3.8, 4) is 5.75 Å². The fourth-order valence-corrected chi connectivity index (χ4v) is 1.31. The highest BCUT2D eigenvalue weighted by Gasteiger charge is 2.10. The monoisotopic (exact) mass is 206 g/mol. The molecule has 0 aliphatic rings. The van der Waals surface area contributed by atoms with Crippen LogP contribution in [0.15, 0.2) is 18.2 Å². The third-order valence-corrected chi connectivity index (χ3v) is 2.07. The molecule has 0 spiro atoms. The van der Waals surface area contributed by atoms with E-state index in [-0.39, 0.29) is 11.6 Å². The van der Waals surface area contributed by atoms with Gasteiger partial charge >= 0.3 is 0 Å². The fraction of sp³-hybridized carbons (Fsp3) is 0.333. The molecule has 0 aromatic heterocycles. The summed E-state index contributed by atoms with van der Waals surface area (Å²) < 4.78 is 5.32. The van der Waals surface area contributed by atoms with Crippen molar-refractivity contribution in [2.45, 2.75) is 20.8 Å². The molecule has 0 atom stereocenters. The first kappa shape index (κ1) is 11.4. The van der Waals surface area contributed by atoms with Crippen LogP contribution in [0.3, 0.4) is 0 Å². The highest BCUT2D eigenvalue weighted by atomic mass is 16.5. The predicted molar refractivity (Wildman–Crippen MR) is 57.6 cm³/mol. The standard InChI is InChI=1S/C12H14O3/c1-4-15-12-7-10(8(2)13)5-6-11(12)9(3)14/h5-7H,4H2,1-3H3. The van der Waals surface area contributed by atoms with Gasteiger partial charge in [0.25, 0.3) is 0 Å². The smallest absolute Gasteiger partial charge is 0.163 e. The van der Waals surface area contributed by atoms with Crippen LogP contribution >= 0.6 is 0 Å². The van der Waals surface area contributed by atoms with Gasteiger partial charge in [0.1, 0.15) is 5.75 Å². The van der Waals surface area contributed by atoms with Crippen LogP contribution in [0.25, 0.3) is 0 Å². The Hall–Kier alpha value is -1.64. The Kier molecular flexibility index (Phi) is 3.61. The fourth-order valence-electron chi connectivity index (χ4n) is 1.31. The molecule has 3 nitrogen and oxygen atoms in total. The van der Waals surface area contributed by atoms with Gasteiger partial charge in [0, 0.05) is 5.56 Å². The molecule has 1 rings (SSSR count). The summed E-state index contributed by atoms with van der Waals surface area (Å²) in [5.41, 5.74) is 1.07. The number of rotatable bonds is 4. The van der Waals surface area contributed by atoms with Crippen LogP contribution in [0.5, 0.6) is 5.75 Å². The Balaban J connectivity index is 3.20. The van der Waals surface area contributed by atoms with Gasteiger partial charge < -0.3 is 4.74 Å². The number of ketones is 2. The first-order valence-electron chi connectivity index (χ1n) is 4.85. The number of hydrogen-bond donors (Lipinski definition) is 0. The summed E-state index contributed by atoms with van der Waals surface area (Å²) >= 11 is 0. The van der Waals surface area contributed by atoms with E-state index in [1.807, 2.05) is 6.92 Å². The van der Waals surface area contributed by atoms with E-state index in [4.69, 9.17) is 4.74 Å². The SMILES string of the molecule is CCOc1cc(C(C)=O)ccc1C(C)=O. The summed E-state index contributed by atoms with van der Waals surface area (Å²) in [5.74, 6) is 0.386. The highest BCUT2D eigenvalue weighted by molar-refractivity contribution is 6.00. The minimum absolute atomic E-state index is 0.0361. The van der Waals surface area contributed by atoms with Crippen molar-refractivity contribution in [3.63, 3.8) is 0 Å². The minimum atomic E-state index is -0.0615. The van der Waals surface area contributed by atoms with Gasteiger partial charge in [0.2, 0.25) is 0 Å². The summed E-state index contributed by atoms with van der Waals surface area (Å²) in [6, 6.07) is 4.88. The number of benzene rings is 1. The zero-order valence-electron chi connectivity index (χ0n) is 9.16. The van der Waals surface area contributed by atoms with Crippen LogP contribution in [0.1, 0.15) is 41.5 Å². The topological polar surface area (TPSA) is 43.4 Å². The van der Waals surface area contributed by atoms with E-state index in [1.54, 1.807) is 18.2 Å². The molecule has 0 saturated heterocycles. The number of Topliss-reactive ketones (excluding diaryl/α,β-unsaturated/α-hetero) is 2. The predicted octanol–water partition coefficient (Wildman–Crippen LogP) is 2.49. The maximum absolute atomic E-state index is 11.3. The van der Waals surface area contributed by atoms with Crippen molar-refractivity contribution in [1.29, 1.82) is 0 Å². The van der Waals surface area contributed by atoms with E-state index < -0.39 is 0 Å². The molecule has 0 bridgehead atoms. The van der Waals surface area contributed by atoms with E-state index >= 15 is 0 Å². The van der Waals surface area contributed by atoms with Crippen LogP contribution in [0.4, 0.5) is 0 Å². The average molecular weight is 206 g/mol. The second-order valence-corrected chi connectivity index (χ2v) is 3.26. The van der Waals surface area contributed by atoms with Crippen LogP contribution in [0.2, 0.25) is 0 Å². The maximum Gasteiger partial charge on any atom is 0.163 e. The van der Waals surface area contributed by atoms with Gasteiger partial charge in [-0.15, -0.1) is 0 Å². The van der Waals surface area contributed by atoms with Gasteiger partial charge in [-0.25, -0.2) is 0 Å².